The van der Waals surface area contributed by atoms with Crippen LogP contribution in [0.25, 0.3) is 0 Å². The molecule has 0 saturated carbocycles. The van der Waals surface area contributed by atoms with E-state index in [2.05, 4.69) is 48.3 Å². The Morgan fingerprint density at radius 3 is 2.58 bits per heavy atom. The van der Waals surface area contributed by atoms with E-state index in [0.717, 1.165) is 32.5 Å². The van der Waals surface area contributed by atoms with Gasteiger partial charge in [0.05, 0.1) is 6.61 Å². The molecular weight excluding hydrogens is 236 g/mol. The van der Waals surface area contributed by atoms with E-state index in [-0.39, 0.29) is 6.61 Å². The highest BCUT2D eigenvalue weighted by molar-refractivity contribution is 5.53. The van der Waals surface area contributed by atoms with Crippen molar-refractivity contribution in [3.8, 4) is 0 Å². The van der Waals surface area contributed by atoms with Gasteiger partial charge in [-0.25, -0.2) is 0 Å². The molecule has 0 amide bonds. The van der Waals surface area contributed by atoms with Crippen LogP contribution in [0.5, 0.6) is 0 Å². The van der Waals surface area contributed by atoms with Crippen molar-refractivity contribution < 1.29 is 5.11 Å². The average molecular weight is 264 g/mol. The number of hydrogen-bond donors (Lipinski definition) is 2. The molecule has 0 aliphatic carbocycles. The Labute approximate surface area is 117 Å². The average Bonchev–Trinajstić information content (AvgIpc) is 2.44. The number of aliphatic hydroxyl groups excluding tert-OH is 1. The fourth-order valence-electron chi connectivity index (χ4n) is 2.19. The SMILES string of the molecule is CCCCN(CCO)c1ccccc1CNCCC. The van der Waals surface area contributed by atoms with Crippen LogP contribution in [0.15, 0.2) is 24.3 Å². The molecule has 0 aliphatic heterocycles. The summed E-state index contributed by atoms with van der Waals surface area (Å²) in [6.45, 7) is 8.26. The number of nitrogens with zero attached hydrogens (tertiary/aromatic N) is 1. The van der Waals surface area contributed by atoms with Crippen LogP contribution in [0.3, 0.4) is 0 Å². The molecule has 1 aromatic carbocycles. The standard InChI is InChI=1S/C16H28N2O/c1-3-5-11-18(12-13-19)16-9-7-6-8-15(16)14-17-10-4-2/h6-9,17,19H,3-5,10-14H2,1-2H3. The van der Waals surface area contributed by atoms with Crippen LogP contribution in [0.4, 0.5) is 5.69 Å². The summed E-state index contributed by atoms with van der Waals surface area (Å²) in [6.07, 6.45) is 3.49. The lowest BCUT2D eigenvalue weighted by Gasteiger charge is -2.26. The molecule has 3 nitrogen and oxygen atoms in total. The Hall–Kier alpha value is -1.06. The van der Waals surface area contributed by atoms with Crippen molar-refractivity contribution in [2.75, 3.05) is 31.1 Å². The number of nitrogens with one attached hydrogen (secondary N) is 1. The van der Waals surface area contributed by atoms with Gasteiger partial charge < -0.3 is 15.3 Å². The molecule has 0 atom stereocenters. The third-order valence-corrected chi connectivity index (χ3v) is 3.23. The third kappa shape index (κ3) is 5.62. The molecule has 1 aromatic rings. The zero-order valence-corrected chi connectivity index (χ0v) is 12.4. The largest absolute Gasteiger partial charge is 0.395 e. The summed E-state index contributed by atoms with van der Waals surface area (Å²) in [4.78, 5) is 2.30. The van der Waals surface area contributed by atoms with Crippen molar-refractivity contribution in [1.29, 1.82) is 0 Å². The monoisotopic (exact) mass is 264 g/mol. The first-order valence-electron chi connectivity index (χ1n) is 7.47. The number of para-hydroxylation sites is 1. The Morgan fingerprint density at radius 1 is 1.11 bits per heavy atom. The fraction of sp³-hybridized carbons (Fsp3) is 0.625. The van der Waals surface area contributed by atoms with Gasteiger partial charge in [-0.2, -0.15) is 0 Å². The first-order chi connectivity index (χ1) is 9.33. The molecule has 0 aliphatic rings. The first kappa shape index (κ1) is 16.0. The maximum Gasteiger partial charge on any atom is 0.0606 e. The van der Waals surface area contributed by atoms with Gasteiger partial charge in [0.1, 0.15) is 0 Å². The summed E-state index contributed by atoms with van der Waals surface area (Å²) < 4.78 is 0. The van der Waals surface area contributed by atoms with E-state index in [9.17, 15) is 5.11 Å². The number of hydrogen-bond acceptors (Lipinski definition) is 3. The van der Waals surface area contributed by atoms with E-state index >= 15 is 0 Å². The summed E-state index contributed by atoms with van der Waals surface area (Å²) in [6, 6.07) is 8.50. The zero-order valence-electron chi connectivity index (χ0n) is 12.4. The van der Waals surface area contributed by atoms with Crippen molar-refractivity contribution in [3.05, 3.63) is 29.8 Å². The molecule has 0 unspecified atom stereocenters. The molecule has 0 heterocycles. The van der Waals surface area contributed by atoms with Crippen molar-refractivity contribution in [2.45, 2.75) is 39.7 Å². The molecule has 1 rings (SSSR count). The second-order valence-electron chi connectivity index (χ2n) is 4.87. The van der Waals surface area contributed by atoms with Crippen molar-refractivity contribution in [1.82, 2.24) is 5.32 Å². The first-order valence-corrected chi connectivity index (χ1v) is 7.47. The molecule has 2 N–H and O–H groups in total. The lowest BCUT2D eigenvalue weighted by atomic mass is 10.1. The van der Waals surface area contributed by atoms with Gasteiger partial charge >= 0.3 is 0 Å². The van der Waals surface area contributed by atoms with Crippen LogP contribution < -0.4 is 10.2 Å². The number of unbranched alkanes of at least 4 members (excludes halogenated alkanes) is 1. The zero-order chi connectivity index (χ0) is 13.9. The minimum atomic E-state index is 0.209. The quantitative estimate of drug-likeness (QED) is 0.638. The van der Waals surface area contributed by atoms with Crippen LogP contribution in [-0.2, 0) is 6.54 Å². The maximum absolute atomic E-state index is 9.25. The van der Waals surface area contributed by atoms with E-state index in [1.54, 1.807) is 0 Å². The van der Waals surface area contributed by atoms with E-state index < -0.39 is 0 Å². The molecule has 0 spiro atoms. The minimum Gasteiger partial charge on any atom is -0.395 e. The summed E-state index contributed by atoms with van der Waals surface area (Å²) in [7, 11) is 0. The smallest absolute Gasteiger partial charge is 0.0606 e. The normalized spacial score (nSPS) is 10.7. The highest BCUT2D eigenvalue weighted by atomic mass is 16.3. The number of rotatable bonds is 10. The van der Waals surface area contributed by atoms with Gasteiger partial charge in [0.2, 0.25) is 0 Å². The summed E-state index contributed by atoms with van der Waals surface area (Å²) in [5.74, 6) is 0. The minimum absolute atomic E-state index is 0.209. The summed E-state index contributed by atoms with van der Waals surface area (Å²) in [5, 5.41) is 12.7. The number of benzene rings is 1. The molecule has 0 aromatic heterocycles. The van der Waals surface area contributed by atoms with Crippen molar-refractivity contribution >= 4 is 5.69 Å². The molecule has 3 heteroatoms. The van der Waals surface area contributed by atoms with Crippen LogP contribution in [0.1, 0.15) is 38.7 Å². The predicted molar refractivity (Wildman–Crippen MR) is 82.6 cm³/mol. The molecular formula is C16H28N2O. The highest BCUT2D eigenvalue weighted by Gasteiger charge is 2.09. The van der Waals surface area contributed by atoms with E-state index in [1.165, 1.54) is 17.7 Å². The van der Waals surface area contributed by atoms with Gasteiger partial charge in [-0.15, -0.1) is 0 Å². The van der Waals surface area contributed by atoms with Gasteiger partial charge in [0.25, 0.3) is 0 Å². The summed E-state index contributed by atoms with van der Waals surface area (Å²) in [5.41, 5.74) is 2.58. The number of aliphatic hydroxyl groups is 1. The second kappa shape index (κ2) is 9.82. The Morgan fingerprint density at radius 2 is 1.89 bits per heavy atom. The molecule has 19 heavy (non-hydrogen) atoms. The van der Waals surface area contributed by atoms with Gasteiger partial charge in [0, 0.05) is 25.3 Å². The van der Waals surface area contributed by atoms with E-state index in [4.69, 9.17) is 0 Å². The van der Waals surface area contributed by atoms with E-state index in [0.29, 0.717) is 6.54 Å². The third-order valence-electron chi connectivity index (χ3n) is 3.23. The lowest BCUT2D eigenvalue weighted by molar-refractivity contribution is 0.301. The maximum atomic E-state index is 9.25. The summed E-state index contributed by atoms with van der Waals surface area (Å²) >= 11 is 0. The van der Waals surface area contributed by atoms with Crippen molar-refractivity contribution in [3.63, 3.8) is 0 Å². The van der Waals surface area contributed by atoms with Gasteiger partial charge in [-0.1, -0.05) is 38.5 Å². The Kier molecular flexibility index (Phi) is 8.26. The van der Waals surface area contributed by atoms with Gasteiger partial charge in [0.15, 0.2) is 0 Å². The molecule has 108 valence electrons. The van der Waals surface area contributed by atoms with E-state index in [1.807, 2.05) is 0 Å². The van der Waals surface area contributed by atoms with Crippen molar-refractivity contribution in [2.24, 2.45) is 0 Å². The Bertz CT molecular complexity index is 341. The van der Waals surface area contributed by atoms with Gasteiger partial charge in [-0.05, 0) is 31.0 Å². The predicted octanol–water partition coefficient (Wildman–Crippen LogP) is 2.79. The Balaban J connectivity index is 2.75. The van der Waals surface area contributed by atoms with Gasteiger partial charge in [-0.3, -0.25) is 0 Å². The highest BCUT2D eigenvalue weighted by Crippen LogP contribution is 2.20. The number of anilines is 1. The van der Waals surface area contributed by atoms with Crippen LogP contribution in [0.2, 0.25) is 0 Å². The molecule has 0 radical (unpaired) electrons. The fourth-order valence-corrected chi connectivity index (χ4v) is 2.19. The van der Waals surface area contributed by atoms with Crippen LogP contribution in [-0.4, -0.2) is 31.3 Å². The lowest BCUT2D eigenvalue weighted by Crippen LogP contribution is -2.29. The topological polar surface area (TPSA) is 35.5 Å². The second-order valence-corrected chi connectivity index (χ2v) is 4.87. The molecule has 0 fully saturated rings. The van der Waals surface area contributed by atoms with Crippen LogP contribution in [0, 0.1) is 0 Å². The molecule has 0 bridgehead atoms. The molecule has 0 saturated heterocycles. The van der Waals surface area contributed by atoms with Crippen LogP contribution >= 0.6 is 0 Å².